The first-order chi connectivity index (χ1) is 9.58. The van der Waals surface area contributed by atoms with Gasteiger partial charge in [-0.15, -0.1) is 11.3 Å². The second kappa shape index (κ2) is 6.34. The van der Waals surface area contributed by atoms with Gasteiger partial charge in [-0.1, -0.05) is 0 Å². The van der Waals surface area contributed by atoms with Gasteiger partial charge in [0, 0.05) is 25.5 Å². The fourth-order valence-electron chi connectivity index (χ4n) is 2.48. The number of aromatic nitrogens is 3. The maximum atomic E-state index is 5.98. The summed E-state index contributed by atoms with van der Waals surface area (Å²) in [5.74, 6) is 0.767. The monoisotopic (exact) mass is 295 g/mol. The van der Waals surface area contributed by atoms with Gasteiger partial charge in [-0.2, -0.15) is 5.10 Å². The van der Waals surface area contributed by atoms with Crippen LogP contribution in [0.4, 0.5) is 0 Å². The van der Waals surface area contributed by atoms with Crippen LogP contribution in [-0.2, 0) is 13.6 Å². The number of ether oxygens (including phenoxy) is 1. The van der Waals surface area contributed by atoms with Crippen molar-refractivity contribution in [2.24, 2.45) is 12.8 Å². The first kappa shape index (κ1) is 15.0. The van der Waals surface area contributed by atoms with Gasteiger partial charge in [0.15, 0.2) is 0 Å². The van der Waals surface area contributed by atoms with E-state index in [-0.39, 0.29) is 6.04 Å². The first-order valence-electron chi connectivity index (χ1n) is 6.43. The summed E-state index contributed by atoms with van der Waals surface area (Å²) >= 11 is 1.60. The minimum absolute atomic E-state index is 0.0559. The van der Waals surface area contributed by atoms with Crippen LogP contribution in [0.15, 0.2) is 10.9 Å². The summed E-state index contributed by atoms with van der Waals surface area (Å²) in [6.07, 6.45) is 0. The third-order valence-electron chi connectivity index (χ3n) is 3.39. The molecular formula is C13H21N5OS. The Morgan fingerprint density at radius 2 is 2.30 bits per heavy atom. The summed E-state index contributed by atoms with van der Waals surface area (Å²) in [7, 11) is 5.58. The van der Waals surface area contributed by atoms with Crippen LogP contribution in [-0.4, -0.2) is 40.4 Å². The Morgan fingerprint density at radius 1 is 1.55 bits per heavy atom. The predicted molar refractivity (Wildman–Crippen MR) is 79.9 cm³/mol. The quantitative estimate of drug-likeness (QED) is 0.870. The van der Waals surface area contributed by atoms with Crippen molar-refractivity contribution < 1.29 is 4.74 Å². The van der Waals surface area contributed by atoms with E-state index in [0.29, 0.717) is 6.54 Å². The molecule has 0 aliphatic carbocycles. The van der Waals surface area contributed by atoms with Crippen LogP contribution in [0.5, 0.6) is 5.88 Å². The van der Waals surface area contributed by atoms with E-state index in [0.717, 1.165) is 29.4 Å². The largest absolute Gasteiger partial charge is 0.481 e. The van der Waals surface area contributed by atoms with Crippen molar-refractivity contribution in [2.45, 2.75) is 19.5 Å². The molecule has 2 heterocycles. The highest BCUT2D eigenvalue weighted by molar-refractivity contribution is 7.07. The third kappa shape index (κ3) is 2.84. The fraction of sp³-hybridized carbons (Fsp3) is 0.538. The molecule has 2 rings (SSSR count). The van der Waals surface area contributed by atoms with E-state index in [1.54, 1.807) is 23.1 Å². The van der Waals surface area contributed by atoms with E-state index in [2.05, 4.69) is 20.4 Å². The van der Waals surface area contributed by atoms with Crippen molar-refractivity contribution in [1.82, 2.24) is 19.7 Å². The third-order valence-corrected chi connectivity index (χ3v) is 4.03. The van der Waals surface area contributed by atoms with Crippen LogP contribution in [0.2, 0.25) is 0 Å². The lowest BCUT2D eigenvalue weighted by atomic mass is 10.1. The van der Waals surface area contributed by atoms with E-state index >= 15 is 0 Å². The Kier molecular flexibility index (Phi) is 4.74. The molecule has 2 aromatic heterocycles. The first-order valence-corrected chi connectivity index (χ1v) is 7.37. The molecule has 0 saturated carbocycles. The Labute approximate surface area is 123 Å². The van der Waals surface area contributed by atoms with Gasteiger partial charge in [0.05, 0.1) is 35.6 Å². The minimum Gasteiger partial charge on any atom is -0.481 e. The molecular weight excluding hydrogens is 274 g/mol. The standard InChI is InChI=1S/C13H21N5OS/c1-9-12(13(19-4)18(3)16-9)11(5-14)17(2)6-10-7-20-8-15-10/h7-8,11H,5-6,14H2,1-4H3. The fourth-order valence-corrected chi connectivity index (χ4v) is 3.03. The Morgan fingerprint density at radius 3 is 2.85 bits per heavy atom. The molecule has 0 bridgehead atoms. The molecule has 1 unspecified atom stereocenters. The van der Waals surface area contributed by atoms with Crippen molar-refractivity contribution in [3.63, 3.8) is 0 Å². The topological polar surface area (TPSA) is 69.2 Å². The van der Waals surface area contributed by atoms with E-state index < -0.39 is 0 Å². The Balaban J connectivity index is 2.27. The molecule has 0 aromatic carbocycles. The average molecular weight is 295 g/mol. The minimum atomic E-state index is 0.0559. The van der Waals surface area contributed by atoms with Gasteiger partial charge < -0.3 is 10.5 Å². The number of hydrogen-bond donors (Lipinski definition) is 1. The number of thiazole rings is 1. The molecule has 110 valence electrons. The maximum absolute atomic E-state index is 5.98. The average Bonchev–Trinajstić information content (AvgIpc) is 2.99. The molecule has 7 heteroatoms. The van der Waals surface area contributed by atoms with E-state index in [1.165, 1.54) is 0 Å². The number of likely N-dealkylation sites (N-methyl/N-ethyl adjacent to an activating group) is 1. The van der Waals surface area contributed by atoms with Gasteiger partial charge in [0.1, 0.15) is 0 Å². The highest BCUT2D eigenvalue weighted by Gasteiger charge is 2.25. The van der Waals surface area contributed by atoms with Gasteiger partial charge in [-0.3, -0.25) is 4.90 Å². The van der Waals surface area contributed by atoms with Crippen LogP contribution in [0, 0.1) is 6.92 Å². The molecule has 0 saturated heterocycles. The summed E-state index contributed by atoms with van der Waals surface area (Å²) in [6.45, 7) is 3.24. The second-order valence-electron chi connectivity index (χ2n) is 4.78. The zero-order valence-electron chi connectivity index (χ0n) is 12.3. The zero-order chi connectivity index (χ0) is 14.7. The molecule has 2 N–H and O–H groups in total. The van der Waals surface area contributed by atoms with E-state index in [4.69, 9.17) is 10.5 Å². The van der Waals surface area contributed by atoms with Crippen LogP contribution in [0.3, 0.4) is 0 Å². The van der Waals surface area contributed by atoms with Gasteiger partial charge in [-0.25, -0.2) is 9.67 Å². The molecule has 1 atom stereocenters. The number of methoxy groups -OCH3 is 1. The SMILES string of the molecule is COc1c(C(CN)N(C)Cc2cscn2)c(C)nn1C. The number of hydrogen-bond acceptors (Lipinski definition) is 6. The van der Waals surface area contributed by atoms with Crippen molar-refractivity contribution >= 4 is 11.3 Å². The Hall–Kier alpha value is -1.44. The predicted octanol–water partition coefficient (Wildman–Crippen LogP) is 1.33. The number of nitrogens with two attached hydrogens (primary N) is 1. The maximum Gasteiger partial charge on any atom is 0.216 e. The smallest absolute Gasteiger partial charge is 0.216 e. The summed E-state index contributed by atoms with van der Waals surface area (Å²) in [5, 5.41) is 6.48. The molecule has 2 aromatic rings. The summed E-state index contributed by atoms with van der Waals surface area (Å²) in [5.41, 5.74) is 10.9. The molecule has 0 amide bonds. The van der Waals surface area contributed by atoms with E-state index in [9.17, 15) is 0 Å². The summed E-state index contributed by atoms with van der Waals surface area (Å²) in [6, 6.07) is 0.0559. The van der Waals surface area contributed by atoms with Crippen molar-refractivity contribution in [2.75, 3.05) is 20.7 Å². The normalized spacial score (nSPS) is 12.9. The molecule has 0 radical (unpaired) electrons. The lowest BCUT2D eigenvalue weighted by Crippen LogP contribution is -2.31. The molecule has 0 aliphatic rings. The lowest BCUT2D eigenvalue weighted by Gasteiger charge is -2.26. The van der Waals surface area contributed by atoms with Crippen LogP contribution >= 0.6 is 11.3 Å². The van der Waals surface area contributed by atoms with Crippen molar-refractivity contribution in [3.8, 4) is 5.88 Å². The zero-order valence-corrected chi connectivity index (χ0v) is 13.1. The summed E-state index contributed by atoms with van der Waals surface area (Å²) < 4.78 is 7.22. The molecule has 6 nitrogen and oxygen atoms in total. The van der Waals surface area contributed by atoms with Crippen LogP contribution in [0.25, 0.3) is 0 Å². The van der Waals surface area contributed by atoms with E-state index in [1.807, 2.05) is 26.5 Å². The van der Waals surface area contributed by atoms with Gasteiger partial charge in [-0.05, 0) is 14.0 Å². The lowest BCUT2D eigenvalue weighted by molar-refractivity contribution is 0.232. The molecule has 0 fully saturated rings. The van der Waals surface area contributed by atoms with Gasteiger partial charge >= 0.3 is 0 Å². The highest BCUT2D eigenvalue weighted by Crippen LogP contribution is 2.31. The number of aryl methyl sites for hydroxylation is 2. The van der Waals surface area contributed by atoms with Crippen LogP contribution < -0.4 is 10.5 Å². The second-order valence-corrected chi connectivity index (χ2v) is 5.50. The van der Waals surface area contributed by atoms with Crippen LogP contribution in [0.1, 0.15) is 23.0 Å². The molecule has 0 aliphatic heterocycles. The van der Waals surface area contributed by atoms with Crippen molar-refractivity contribution in [1.29, 1.82) is 0 Å². The van der Waals surface area contributed by atoms with Gasteiger partial charge in [0.25, 0.3) is 0 Å². The summed E-state index contributed by atoms with van der Waals surface area (Å²) in [4.78, 5) is 6.50. The number of nitrogens with zero attached hydrogens (tertiary/aromatic N) is 4. The van der Waals surface area contributed by atoms with Gasteiger partial charge in [0.2, 0.25) is 5.88 Å². The Bertz CT molecular complexity index is 551. The number of rotatable bonds is 6. The van der Waals surface area contributed by atoms with Crippen molar-refractivity contribution in [3.05, 3.63) is 27.8 Å². The highest BCUT2D eigenvalue weighted by atomic mass is 32.1. The molecule has 20 heavy (non-hydrogen) atoms. The molecule has 0 spiro atoms.